The third-order valence-electron chi connectivity index (χ3n) is 14.1. The van der Waals surface area contributed by atoms with Crippen LogP contribution in [0.25, 0.3) is 65.7 Å². The highest BCUT2D eigenvalue weighted by molar-refractivity contribution is 6.25. The Hall–Kier alpha value is -7.22. The molecular weight excluding hydrogens is 711 g/mol. The number of hydrogen-bond acceptors (Lipinski definition) is 1. The second-order valence-corrected chi connectivity index (χ2v) is 17.2. The maximum atomic E-state index is 2.51. The molecule has 3 aliphatic rings. The molecule has 1 spiro atoms. The van der Waals surface area contributed by atoms with Crippen LogP contribution in [0.1, 0.15) is 47.2 Å². The first-order chi connectivity index (χ1) is 29.0. The predicted molar refractivity (Wildman–Crippen MR) is 248 cm³/mol. The number of nitrogens with zero attached hydrogens (tertiary/aromatic N) is 1. The predicted octanol–water partition coefficient (Wildman–Crippen LogP) is 15.3. The van der Waals surface area contributed by atoms with Gasteiger partial charge in [-0.15, -0.1) is 0 Å². The van der Waals surface area contributed by atoms with Crippen molar-refractivity contribution in [3.05, 3.63) is 234 Å². The van der Waals surface area contributed by atoms with Gasteiger partial charge in [0.2, 0.25) is 0 Å². The number of anilines is 3. The van der Waals surface area contributed by atoms with Gasteiger partial charge in [0, 0.05) is 22.5 Å². The van der Waals surface area contributed by atoms with Crippen LogP contribution in [-0.2, 0) is 10.8 Å². The molecule has 276 valence electrons. The van der Waals surface area contributed by atoms with Crippen LogP contribution >= 0.6 is 0 Å². The van der Waals surface area contributed by atoms with E-state index in [1.54, 1.807) is 0 Å². The van der Waals surface area contributed by atoms with E-state index < -0.39 is 0 Å². The second-order valence-electron chi connectivity index (χ2n) is 17.2. The minimum atomic E-state index is -0.380. The van der Waals surface area contributed by atoms with Crippen molar-refractivity contribution in [2.45, 2.75) is 24.7 Å². The standard InChI is InChI=1S/C58H39N/c1-57(2)51-23-11-7-19-44(51)48-31-28-38(35-56(48)57)59(36-27-30-43-41-17-4-3-15-39(41)40-16-5-6-18-42(40)49(43)33-36)37-29-32-55-50(34-37)47-22-10-14-26-54(47)58(55)52-24-12-8-20-45(52)46-21-9-13-25-53(46)58/h3-35H,1-2H3. The van der Waals surface area contributed by atoms with E-state index in [4.69, 9.17) is 0 Å². The van der Waals surface area contributed by atoms with Crippen molar-refractivity contribution in [3.8, 4) is 33.4 Å². The van der Waals surface area contributed by atoms with Gasteiger partial charge in [0.15, 0.2) is 0 Å². The molecule has 1 nitrogen and oxygen atoms in total. The molecule has 0 heterocycles. The van der Waals surface area contributed by atoms with E-state index in [0.717, 1.165) is 17.1 Å². The molecule has 0 aromatic heterocycles. The highest BCUT2D eigenvalue weighted by Gasteiger charge is 2.51. The van der Waals surface area contributed by atoms with Gasteiger partial charge < -0.3 is 4.90 Å². The zero-order chi connectivity index (χ0) is 39.0. The van der Waals surface area contributed by atoms with Crippen molar-refractivity contribution in [1.29, 1.82) is 0 Å². The van der Waals surface area contributed by atoms with E-state index in [1.807, 2.05) is 0 Å². The summed E-state index contributed by atoms with van der Waals surface area (Å²) in [5.41, 5.74) is 19.1. The summed E-state index contributed by atoms with van der Waals surface area (Å²) in [5.74, 6) is 0. The van der Waals surface area contributed by atoms with Crippen molar-refractivity contribution in [2.24, 2.45) is 0 Å². The normalized spacial score (nSPS) is 14.5. The molecule has 1 heteroatoms. The molecule has 3 aliphatic carbocycles. The quantitative estimate of drug-likeness (QED) is 0.163. The summed E-state index contributed by atoms with van der Waals surface area (Å²) in [6.07, 6.45) is 0. The van der Waals surface area contributed by atoms with Crippen LogP contribution in [0.3, 0.4) is 0 Å². The minimum absolute atomic E-state index is 0.126. The van der Waals surface area contributed by atoms with Gasteiger partial charge in [0.05, 0.1) is 5.41 Å². The third kappa shape index (κ3) is 4.19. The fourth-order valence-electron chi connectivity index (χ4n) is 11.5. The van der Waals surface area contributed by atoms with Gasteiger partial charge in [-0.3, -0.25) is 0 Å². The summed E-state index contributed by atoms with van der Waals surface area (Å²) in [4.78, 5) is 2.51. The zero-order valence-electron chi connectivity index (χ0n) is 33.0. The lowest BCUT2D eigenvalue weighted by Gasteiger charge is -2.31. The Labute approximate surface area is 344 Å². The molecule has 0 saturated heterocycles. The number of benzene rings is 10. The molecule has 0 unspecified atom stereocenters. The van der Waals surface area contributed by atoms with Crippen LogP contribution in [0, 0.1) is 0 Å². The summed E-state index contributed by atoms with van der Waals surface area (Å²) in [6.45, 7) is 4.75. The van der Waals surface area contributed by atoms with Gasteiger partial charge in [-0.2, -0.15) is 0 Å². The van der Waals surface area contributed by atoms with E-state index >= 15 is 0 Å². The first kappa shape index (κ1) is 32.8. The third-order valence-corrected chi connectivity index (χ3v) is 14.1. The average Bonchev–Trinajstić information content (AvgIpc) is 3.85. The van der Waals surface area contributed by atoms with Gasteiger partial charge in [0.1, 0.15) is 0 Å². The molecule has 0 atom stereocenters. The van der Waals surface area contributed by atoms with Crippen molar-refractivity contribution in [1.82, 2.24) is 0 Å². The van der Waals surface area contributed by atoms with E-state index in [2.05, 4.69) is 219 Å². The summed E-state index contributed by atoms with van der Waals surface area (Å²) in [5, 5.41) is 7.68. The van der Waals surface area contributed by atoms with Crippen LogP contribution < -0.4 is 4.90 Å². The Morgan fingerprint density at radius 1 is 0.271 bits per heavy atom. The number of hydrogen-bond donors (Lipinski definition) is 0. The highest BCUT2D eigenvalue weighted by Crippen LogP contribution is 2.63. The Kier molecular flexibility index (Phi) is 6.50. The van der Waals surface area contributed by atoms with Gasteiger partial charge in [0.25, 0.3) is 0 Å². The maximum absolute atomic E-state index is 2.51. The second kappa shape index (κ2) is 11.7. The molecule has 10 aromatic rings. The highest BCUT2D eigenvalue weighted by atomic mass is 15.1. The smallest absolute Gasteiger partial charge is 0.0725 e. The number of rotatable bonds is 3. The molecule has 0 amide bonds. The molecule has 13 rings (SSSR count). The number of fused-ring (bicyclic) bond motifs is 19. The molecule has 0 bridgehead atoms. The fourth-order valence-corrected chi connectivity index (χ4v) is 11.5. The van der Waals surface area contributed by atoms with E-state index in [-0.39, 0.29) is 10.8 Å². The minimum Gasteiger partial charge on any atom is -0.310 e. The summed E-state index contributed by atoms with van der Waals surface area (Å²) in [6, 6.07) is 75.5. The summed E-state index contributed by atoms with van der Waals surface area (Å²) < 4.78 is 0. The van der Waals surface area contributed by atoms with Crippen molar-refractivity contribution in [2.75, 3.05) is 4.90 Å². The first-order valence-electron chi connectivity index (χ1n) is 20.8. The molecular formula is C58H39N. The Morgan fingerprint density at radius 3 is 1.24 bits per heavy atom. The van der Waals surface area contributed by atoms with Crippen LogP contribution in [0.4, 0.5) is 17.1 Å². The molecule has 0 saturated carbocycles. The van der Waals surface area contributed by atoms with Gasteiger partial charge >= 0.3 is 0 Å². The lowest BCUT2D eigenvalue weighted by Crippen LogP contribution is -2.25. The SMILES string of the molecule is CC1(C)c2ccccc2-c2ccc(N(c3ccc4c(c3)-c3ccccc3C43c4ccccc4-c4ccccc43)c3ccc4c5ccccc5c5ccccc5c4c3)cc21. The van der Waals surface area contributed by atoms with Crippen LogP contribution in [-0.4, -0.2) is 0 Å². The van der Waals surface area contributed by atoms with Crippen molar-refractivity contribution < 1.29 is 0 Å². The molecule has 0 N–H and O–H groups in total. The topological polar surface area (TPSA) is 3.24 Å². The van der Waals surface area contributed by atoms with E-state index in [9.17, 15) is 0 Å². The fraction of sp³-hybridized carbons (Fsp3) is 0.0690. The average molecular weight is 750 g/mol. The summed E-state index contributed by atoms with van der Waals surface area (Å²) >= 11 is 0. The Balaban J connectivity index is 1.08. The van der Waals surface area contributed by atoms with E-state index in [0.29, 0.717) is 0 Å². The molecule has 0 aliphatic heterocycles. The lowest BCUT2D eigenvalue weighted by atomic mass is 9.70. The van der Waals surface area contributed by atoms with Gasteiger partial charge in [-0.25, -0.2) is 0 Å². The van der Waals surface area contributed by atoms with Gasteiger partial charge in [-0.05, 0) is 135 Å². The maximum Gasteiger partial charge on any atom is 0.0725 e. The van der Waals surface area contributed by atoms with Crippen LogP contribution in [0.15, 0.2) is 200 Å². The van der Waals surface area contributed by atoms with Crippen LogP contribution in [0.2, 0.25) is 0 Å². The lowest BCUT2D eigenvalue weighted by molar-refractivity contribution is 0.660. The Morgan fingerprint density at radius 2 is 0.644 bits per heavy atom. The molecule has 10 aromatic carbocycles. The van der Waals surface area contributed by atoms with Crippen molar-refractivity contribution in [3.63, 3.8) is 0 Å². The van der Waals surface area contributed by atoms with Crippen molar-refractivity contribution >= 4 is 49.4 Å². The first-order valence-corrected chi connectivity index (χ1v) is 20.8. The molecule has 0 radical (unpaired) electrons. The molecule has 59 heavy (non-hydrogen) atoms. The zero-order valence-corrected chi connectivity index (χ0v) is 33.0. The Bertz CT molecular complexity index is 3360. The largest absolute Gasteiger partial charge is 0.310 e. The van der Waals surface area contributed by atoms with Crippen LogP contribution in [0.5, 0.6) is 0 Å². The summed E-state index contributed by atoms with van der Waals surface area (Å²) in [7, 11) is 0. The van der Waals surface area contributed by atoms with E-state index in [1.165, 1.54) is 99.1 Å². The monoisotopic (exact) mass is 749 g/mol. The molecule has 0 fully saturated rings. The van der Waals surface area contributed by atoms with Gasteiger partial charge in [-0.1, -0.05) is 178 Å².